The van der Waals surface area contributed by atoms with Gasteiger partial charge in [-0.1, -0.05) is 35.9 Å². The molecule has 3 aromatic rings. The van der Waals surface area contributed by atoms with Gasteiger partial charge < -0.3 is 9.47 Å². The van der Waals surface area contributed by atoms with E-state index < -0.39 is 4.92 Å². The van der Waals surface area contributed by atoms with E-state index in [2.05, 4.69) is 4.98 Å². The van der Waals surface area contributed by atoms with Gasteiger partial charge in [-0.05, 0) is 30.3 Å². The fourth-order valence-electron chi connectivity index (χ4n) is 2.57. The van der Waals surface area contributed by atoms with E-state index in [1.54, 1.807) is 31.4 Å². The van der Waals surface area contributed by atoms with Gasteiger partial charge in [-0.2, -0.15) is 0 Å². The number of fused-ring (bicyclic) bond motifs is 1. The average Bonchev–Trinajstić information content (AvgIpc) is 2.66. The van der Waals surface area contributed by atoms with Gasteiger partial charge in [0.15, 0.2) is 0 Å². The van der Waals surface area contributed by atoms with Crippen molar-refractivity contribution in [3.63, 3.8) is 0 Å². The number of hydrogen-bond acceptors (Lipinski definition) is 5. The monoisotopic (exact) mass is 384 g/mol. The van der Waals surface area contributed by atoms with Crippen molar-refractivity contribution in [1.29, 1.82) is 0 Å². The molecule has 0 aliphatic carbocycles. The predicted molar refractivity (Wildman–Crippen MR) is 106 cm³/mol. The van der Waals surface area contributed by atoms with E-state index in [1.165, 1.54) is 6.07 Å². The lowest BCUT2D eigenvalue weighted by Gasteiger charge is -2.07. The molecule has 2 aromatic carbocycles. The lowest BCUT2D eigenvalue weighted by atomic mass is 10.1. The number of nitrogens with zero attached hydrogens (tertiary/aromatic N) is 2. The third-order valence-corrected chi connectivity index (χ3v) is 4.20. The van der Waals surface area contributed by atoms with Crippen molar-refractivity contribution in [3.05, 3.63) is 74.9 Å². The van der Waals surface area contributed by atoms with Crippen molar-refractivity contribution in [3.8, 4) is 5.75 Å². The Morgan fingerprint density at radius 1 is 1.11 bits per heavy atom. The predicted octanol–water partition coefficient (Wildman–Crippen LogP) is 4.99. The highest BCUT2D eigenvalue weighted by atomic mass is 35.5. The maximum Gasteiger partial charge on any atom is 0.276 e. The highest BCUT2D eigenvalue weighted by Crippen LogP contribution is 2.28. The molecule has 0 bridgehead atoms. The first-order chi connectivity index (χ1) is 13.1. The SMILES string of the molecule is COCCOc1ccc([N+](=O)[O-])c(C=Cc2cc3ccccc3nc2Cl)c1. The topological polar surface area (TPSA) is 74.5 Å². The minimum atomic E-state index is -0.432. The number of nitro groups is 1. The maximum atomic E-state index is 11.3. The number of aromatic nitrogens is 1. The molecule has 1 aromatic heterocycles. The molecule has 0 radical (unpaired) electrons. The molecule has 0 aliphatic rings. The normalized spacial score (nSPS) is 11.2. The number of rotatable bonds is 7. The second-order valence-electron chi connectivity index (χ2n) is 5.71. The fraction of sp³-hybridized carbons (Fsp3) is 0.150. The molecule has 0 fully saturated rings. The fourth-order valence-corrected chi connectivity index (χ4v) is 2.78. The average molecular weight is 385 g/mol. The van der Waals surface area contributed by atoms with Crippen LogP contribution in [0.15, 0.2) is 48.5 Å². The molecule has 27 heavy (non-hydrogen) atoms. The van der Waals surface area contributed by atoms with Crippen LogP contribution in [0.3, 0.4) is 0 Å². The zero-order chi connectivity index (χ0) is 19.2. The molecule has 3 rings (SSSR count). The van der Waals surface area contributed by atoms with Crippen LogP contribution in [0, 0.1) is 10.1 Å². The number of nitro benzene ring substituents is 1. The standard InChI is InChI=1S/C20H17ClN2O4/c1-26-10-11-27-17-8-9-19(23(24)25)15(13-17)6-7-16-12-14-4-2-3-5-18(14)22-20(16)21/h2-9,12-13H,10-11H2,1H3. The summed E-state index contributed by atoms with van der Waals surface area (Å²) in [6.45, 7) is 0.790. The molecule has 138 valence electrons. The second kappa shape index (κ2) is 8.62. The van der Waals surface area contributed by atoms with Crippen molar-refractivity contribution in [2.75, 3.05) is 20.3 Å². The quantitative estimate of drug-likeness (QED) is 0.248. The highest BCUT2D eigenvalue weighted by Gasteiger charge is 2.13. The highest BCUT2D eigenvalue weighted by molar-refractivity contribution is 6.31. The smallest absolute Gasteiger partial charge is 0.276 e. The van der Waals surface area contributed by atoms with Crippen LogP contribution in [0.1, 0.15) is 11.1 Å². The molecule has 7 heteroatoms. The first kappa shape index (κ1) is 18.8. The van der Waals surface area contributed by atoms with Crippen LogP contribution in [-0.2, 0) is 4.74 Å². The Bertz CT molecular complexity index is 1000. The third-order valence-electron chi connectivity index (χ3n) is 3.90. The van der Waals surface area contributed by atoms with Crippen LogP contribution < -0.4 is 4.74 Å². The second-order valence-corrected chi connectivity index (χ2v) is 6.07. The van der Waals surface area contributed by atoms with Gasteiger partial charge in [-0.3, -0.25) is 10.1 Å². The molecule has 0 saturated carbocycles. The van der Waals surface area contributed by atoms with Crippen LogP contribution in [0.2, 0.25) is 5.15 Å². The summed E-state index contributed by atoms with van der Waals surface area (Å²) in [5.41, 5.74) is 1.86. The Morgan fingerprint density at radius 3 is 2.67 bits per heavy atom. The third kappa shape index (κ3) is 4.61. The summed E-state index contributed by atoms with van der Waals surface area (Å²) in [6, 6.07) is 14.1. The largest absolute Gasteiger partial charge is 0.491 e. The summed E-state index contributed by atoms with van der Waals surface area (Å²) in [4.78, 5) is 15.2. The molecular weight excluding hydrogens is 368 g/mol. The molecular formula is C20H17ClN2O4. The van der Waals surface area contributed by atoms with Gasteiger partial charge in [-0.15, -0.1) is 0 Å². The Hall–Kier alpha value is -2.96. The number of halogens is 1. The molecule has 0 amide bonds. The maximum absolute atomic E-state index is 11.3. The summed E-state index contributed by atoms with van der Waals surface area (Å²) in [6.07, 6.45) is 3.35. The molecule has 0 saturated heterocycles. The van der Waals surface area contributed by atoms with Crippen LogP contribution in [0.4, 0.5) is 5.69 Å². The van der Waals surface area contributed by atoms with Crippen LogP contribution in [0.5, 0.6) is 5.75 Å². The Labute approximate surface area is 161 Å². The number of pyridine rings is 1. The van der Waals surface area contributed by atoms with Crippen LogP contribution in [-0.4, -0.2) is 30.2 Å². The summed E-state index contributed by atoms with van der Waals surface area (Å²) >= 11 is 6.25. The number of benzene rings is 2. The number of ether oxygens (including phenoxy) is 2. The number of hydrogen-bond donors (Lipinski definition) is 0. The number of para-hydroxylation sites is 1. The molecule has 6 nitrogen and oxygen atoms in total. The number of methoxy groups -OCH3 is 1. The van der Waals surface area contributed by atoms with Gasteiger partial charge >= 0.3 is 0 Å². The molecule has 0 N–H and O–H groups in total. The van der Waals surface area contributed by atoms with Gasteiger partial charge in [0.05, 0.1) is 22.6 Å². The Morgan fingerprint density at radius 2 is 1.89 bits per heavy atom. The van der Waals surface area contributed by atoms with Gasteiger partial charge in [0.2, 0.25) is 0 Å². The summed E-state index contributed by atoms with van der Waals surface area (Å²) in [5, 5.41) is 12.6. The van der Waals surface area contributed by atoms with E-state index in [0.717, 1.165) is 10.9 Å². The van der Waals surface area contributed by atoms with E-state index in [-0.39, 0.29) is 5.69 Å². The lowest BCUT2D eigenvalue weighted by Crippen LogP contribution is -2.04. The van der Waals surface area contributed by atoms with Crippen molar-refractivity contribution in [2.45, 2.75) is 0 Å². The van der Waals surface area contributed by atoms with Crippen molar-refractivity contribution >= 4 is 40.3 Å². The lowest BCUT2D eigenvalue weighted by molar-refractivity contribution is -0.385. The molecule has 0 unspecified atom stereocenters. The minimum Gasteiger partial charge on any atom is -0.491 e. The minimum absolute atomic E-state index is 0.0183. The van der Waals surface area contributed by atoms with E-state index in [9.17, 15) is 10.1 Å². The van der Waals surface area contributed by atoms with Crippen molar-refractivity contribution in [1.82, 2.24) is 4.98 Å². The van der Waals surface area contributed by atoms with E-state index in [1.807, 2.05) is 30.3 Å². The van der Waals surface area contributed by atoms with E-state index in [0.29, 0.717) is 35.2 Å². The van der Waals surface area contributed by atoms with Gasteiger partial charge in [-0.25, -0.2) is 4.98 Å². The van der Waals surface area contributed by atoms with Gasteiger partial charge in [0, 0.05) is 24.1 Å². The first-order valence-corrected chi connectivity index (χ1v) is 8.60. The molecule has 0 atom stereocenters. The first-order valence-electron chi connectivity index (χ1n) is 8.22. The van der Waals surface area contributed by atoms with Crippen LogP contribution >= 0.6 is 11.6 Å². The van der Waals surface area contributed by atoms with E-state index in [4.69, 9.17) is 21.1 Å². The molecule has 0 aliphatic heterocycles. The van der Waals surface area contributed by atoms with Crippen LogP contribution in [0.25, 0.3) is 23.1 Å². The zero-order valence-corrected chi connectivity index (χ0v) is 15.3. The van der Waals surface area contributed by atoms with Gasteiger partial charge in [0.1, 0.15) is 17.5 Å². The summed E-state index contributed by atoms with van der Waals surface area (Å²) in [5.74, 6) is 0.528. The summed E-state index contributed by atoms with van der Waals surface area (Å²) in [7, 11) is 1.58. The summed E-state index contributed by atoms with van der Waals surface area (Å²) < 4.78 is 10.5. The molecule has 0 spiro atoms. The zero-order valence-electron chi connectivity index (χ0n) is 14.6. The van der Waals surface area contributed by atoms with Crippen molar-refractivity contribution in [2.24, 2.45) is 0 Å². The molecule has 1 heterocycles. The van der Waals surface area contributed by atoms with Crippen molar-refractivity contribution < 1.29 is 14.4 Å². The Kier molecular flexibility index (Phi) is 6.01. The van der Waals surface area contributed by atoms with E-state index >= 15 is 0 Å². The Balaban J connectivity index is 1.94. The van der Waals surface area contributed by atoms with Gasteiger partial charge in [0.25, 0.3) is 5.69 Å².